The third-order valence-electron chi connectivity index (χ3n) is 2.93. The maximum Gasteiger partial charge on any atom is 0.408 e. The Morgan fingerprint density at radius 1 is 1.20 bits per heavy atom. The monoisotopic (exact) mass is 302 g/mol. The van der Waals surface area contributed by atoms with Gasteiger partial charge in [0.1, 0.15) is 11.6 Å². The van der Waals surface area contributed by atoms with Gasteiger partial charge in [-0.05, 0) is 26.7 Å². The standard InChI is InChI=1S/C14H26N2O3S/c1-10(2)11(15-13(18)19-14(3,4)5)12(17)16-6-8-20-9-7-16/h10-11H,6-9H2,1-5H3,(H,15,18)/t11-/m0/s1. The fourth-order valence-corrected chi connectivity index (χ4v) is 2.83. The molecule has 1 aliphatic rings. The number of rotatable bonds is 3. The Labute approximate surface area is 125 Å². The highest BCUT2D eigenvalue weighted by Gasteiger charge is 2.30. The zero-order valence-corrected chi connectivity index (χ0v) is 13.9. The molecular weight excluding hydrogens is 276 g/mol. The first kappa shape index (κ1) is 17.1. The Balaban J connectivity index is 2.63. The lowest BCUT2D eigenvalue weighted by Gasteiger charge is -2.32. The predicted molar refractivity (Wildman–Crippen MR) is 81.9 cm³/mol. The van der Waals surface area contributed by atoms with Crippen molar-refractivity contribution in [1.82, 2.24) is 10.2 Å². The van der Waals surface area contributed by atoms with Crippen molar-refractivity contribution in [2.75, 3.05) is 24.6 Å². The van der Waals surface area contributed by atoms with Crippen molar-refractivity contribution in [3.8, 4) is 0 Å². The van der Waals surface area contributed by atoms with Gasteiger partial charge in [0.15, 0.2) is 0 Å². The number of carbonyl (C=O) groups is 2. The molecule has 0 bridgehead atoms. The second-order valence-electron chi connectivity index (χ2n) is 6.31. The van der Waals surface area contributed by atoms with Gasteiger partial charge in [0.2, 0.25) is 5.91 Å². The van der Waals surface area contributed by atoms with Crippen LogP contribution in [-0.4, -0.2) is 53.1 Å². The second-order valence-corrected chi connectivity index (χ2v) is 7.53. The van der Waals surface area contributed by atoms with Gasteiger partial charge in [0, 0.05) is 24.6 Å². The molecule has 0 spiro atoms. The van der Waals surface area contributed by atoms with Crippen LogP contribution in [0.1, 0.15) is 34.6 Å². The molecule has 116 valence electrons. The number of hydrogen-bond donors (Lipinski definition) is 1. The molecule has 20 heavy (non-hydrogen) atoms. The fraction of sp³-hybridized carbons (Fsp3) is 0.857. The molecule has 1 fully saturated rings. The lowest BCUT2D eigenvalue weighted by molar-refractivity contribution is -0.134. The van der Waals surface area contributed by atoms with Crippen molar-refractivity contribution in [3.05, 3.63) is 0 Å². The van der Waals surface area contributed by atoms with Crippen LogP contribution in [0.25, 0.3) is 0 Å². The third kappa shape index (κ3) is 5.61. The van der Waals surface area contributed by atoms with E-state index in [9.17, 15) is 9.59 Å². The quantitative estimate of drug-likeness (QED) is 0.867. The molecule has 0 aromatic heterocycles. The van der Waals surface area contributed by atoms with Crippen LogP contribution in [-0.2, 0) is 9.53 Å². The van der Waals surface area contributed by atoms with E-state index in [4.69, 9.17) is 4.74 Å². The molecular formula is C14H26N2O3S. The van der Waals surface area contributed by atoms with Crippen LogP contribution in [0.5, 0.6) is 0 Å². The summed E-state index contributed by atoms with van der Waals surface area (Å²) in [4.78, 5) is 26.2. The summed E-state index contributed by atoms with van der Waals surface area (Å²) in [5.41, 5.74) is -0.559. The number of thioether (sulfide) groups is 1. The number of amides is 2. The number of nitrogens with one attached hydrogen (secondary N) is 1. The highest BCUT2D eigenvalue weighted by molar-refractivity contribution is 7.99. The molecule has 2 amide bonds. The van der Waals surface area contributed by atoms with Gasteiger partial charge >= 0.3 is 6.09 Å². The summed E-state index contributed by atoms with van der Waals surface area (Å²) in [5.74, 6) is 1.95. The van der Waals surface area contributed by atoms with Gasteiger partial charge in [-0.1, -0.05) is 13.8 Å². The Hall–Kier alpha value is -0.910. The lowest BCUT2D eigenvalue weighted by Crippen LogP contribution is -2.53. The molecule has 0 aromatic carbocycles. The van der Waals surface area contributed by atoms with Crippen molar-refractivity contribution in [2.45, 2.75) is 46.3 Å². The second kappa shape index (κ2) is 7.20. The van der Waals surface area contributed by atoms with Gasteiger partial charge in [-0.15, -0.1) is 0 Å². The molecule has 5 nitrogen and oxygen atoms in total. The maximum absolute atomic E-state index is 12.5. The summed E-state index contributed by atoms with van der Waals surface area (Å²) in [7, 11) is 0. The Bertz CT molecular complexity index is 347. The SMILES string of the molecule is CC(C)[C@H](NC(=O)OC(C)(C)C)C(=O)N1CCSCC1. The Kier molecular flexibility index (Phi) is 6.17. The van der Waals surface area contributed by atoms with Gasteiger partial charge in [-0.2, -0.15) is 11.8 Å². The summed E-state index contributed by atoms with van der Waals surface area (Å²) in [6.07, 6.45) is -0.532. The van der Waals surface area contributed by atoms with Crippen molar-refractivity contribution >= 4 is 23.8 Å². The first-order chi connectivity index (χ1) is 9.20. The molecule has 0 unspecified atom stereocenters. The van der Waals surface area contributed by atoms with Crippen LogP contribution in [0.2, 0.25) is 0 Å². The molecule has 0 saturated carbocycles. The summed E-state index contributed by atoms with van der Waals surface area (Å²) >= 11 is 1.85. The number of nitrogens with zero attached hydrogens (tertiary/aromatic N) is 1. The summed E-state index contributed by atoms with van der Waals surface area (Å²) in [6, 6.07) is -0.520. The summed E-state index contributed by atoms with van der Waals surface area (Å²) < 4.78 is 5.23. The van der Waals surface area contributed by atoms with E-state index in [0.717, 1.165) is 24.6 Å². The minimum Gasteiger partial charge on any atom is -0.444 e. The van der Waals surface area contributed by atoms with Gasteiger partial charge in [-0.25, -0.2) is 4.79 Å². The molecule has 0 radical (unpaired) electrons. The topological polar surface area (TPSA) is 58.6 Å². The van der Waals surface area contributed by atoms with Crippen LogP contribution in [0.4, 0.5) is 4.79 Å². The maximum atomic E-state index is 12.5. The number of hydrogen-bond acceptors (Lipinski definition) is 4. The molecule has 6 heteroatoms. The van der Waals surface area contributed by atoms with E-state index in [-0.39, 0.29) is 11.8 Å². The summed E-state index contributed by atoms with van der Waals surface area (Å²) in [5, 5.41) is 2.71. The van der Waals surface area contributed by atoms with Crippen LogP contribution >= 0.6 is 11.8 Å². The Morgan fingerprint density at radius 3 is 2.20 bits per heavy atom. The minimum absolute atomic E-state index is 0.00819. The van der Waals surface area contributed by atoms with Crippen LogP contribution in [0, 0.1) is 5.92 Å². The zero-order chi connectivity index (χ0) is 15.3. The highest BCUT2D eigenvalue weighted by atomic mass is 32.2. The van der Waals surface area contributed by atoms with Crippen molar-refractivity contribution < 1.29 is 14.3 Å². The van der Waals surface area contributed by atoms with E-state index in [0.29, 0.717) is 0 Å². The smallest absolute Gasteiger partial charge is 0.408 e. The van der Waals surface area contributed by atoms with Gasteiger partial charge in [0.25, 0.3) is 0 Å². The molecule has 0 aliphatic carbocycles. The molecule has 0 aromatic rings. The molecule has 1 atom stereocenters. The molecule has 1 saturated heterocycles. The normalized spacial score (nSPS) is 17.8. The van der Waals surface area contributed by atoms with Gasteiger partial charge in [0.05, 0.1) is 0 Å². The van der Waals surface area contributed by atoms with Crippen molar-refractivity contribution in [3.63, 3.8) is 0 Å². The molecule has 1 rings (SSSR count). The van der Waals surface area contributed by atoms with E-state index in [1.165, 1.54) is 0 Å². The van der Waals surface area contributed by atoms with E-state index in [1.54, 1.807) is 20.8 Å². The number of ether oxygens (including phenoxy) is 1. The first-order valence-corrected chi connectivity index (χ1v) is 8.22. The average Bonchev–Trinajstić information content (AvgIpc) is 2.34. The van der Waals surface area contributed by atoms with E-state index >= 15 is 0 Å². The van der Waals surface area contributed by atoms with Gasteiger partial charge < -0.3 is 15.0 Å². The fourth-order valence-electron chi connectivity index (χ4n) is 1.93. The summed E-state index contributed by atoms with van der Waals surface area (Å²) in [6.45, 7) is 10.8. The lowest BCUT2D eigenvalue weighted by atomic mass is 10.0. The molecule has 1 aliphatic heterocycles. The largest absolute Gasteiger partial charge is 0.444 e. The molecule has 1 N–H and O–H groups in total. The zero-order valence-electron chi connectivity index (χ0n) is 13.1. The predicted octanol–water partition coefficient (Wildman–Crippen LogP) is 2.11. The van der Waals surface area contributed by atoms with Crippen LogP contribution in [0.15, 0.2) is 0 Å². The highest BCUT2D eigenvalue weighted by Crippen LogP contribution is 2.14. The van der Waals surface area contributed by atoms with E-state index in [1.807, 2.05) is 30.5 Å². The van der Waals surface area contributed by atoms with Crippen molar-refractivity contribution in [1.29, 1.82) is 0 Å². The van der Waals surface area contributed by atoms with Crippen molar-refractivity contribution in [2.24, 2.45) is 5.92 Å². The average molecular weight is 302 g/mol. The van der Waals surface area contributed by atoms with E-state index < -0.39 is 17.7 Å². The first-order valence-electron chi connectivity index (χ1n) is 7.07. The number of carbonyl (C=O) groups excluding carboxylic acids is 2. The number of alkyl carbamates (subject to hydrolysis) is 1. The van der Waals surface area contributed by atoms with Gasteiger partial charge in [-0.3, -0.25) is 4.79 Å². The Morgan fingerprint density at radius 2 is 1.75 bits per heavy atom. The van der Waals surface area contributed by atoms with E-state index in [2.05, 4.69) is 5.32 Å². The van der Waals surface area contributed by atoms with Crippen LogP contribution in [0.3, 0.4) is 0 Å². The minimum atomic E-state index is -0.559. The third-order valence-corrected chi connectivity index (χ3v) is 3.87. The molecule has 1 heterocycles. The van der Waals surface area contributed by atoms with Crippen LogP contribution < -0.4 is 5.32 Å².